The maximum Gasteiger partial charge on any atom is 0.341 e. The smallest absolute Gasteiger partial charge is 0.341 e. The van der Waals surface area contributed by atoms with Gasteiger partial charge in [-0.3, -0.25) is 9.48 Å². The highest BCUT2D eigenvalue weighted by molar-refractivity contribution is 7.91. The minimum atomic E-state index is -4.89. The maximum atomic E-state index is 12.8. The first-order chi connectivity index (χ1) is 12.4. The van der Waals surface area contributed by atoms with Gasteiger partial charge >= 0.3 is 5.76 Å². The van der Waals surface area contributed by atoms with Gasteiger partial charge in [0.1, 0.15) is 0 Å². The largest absolute Gasteiger partial charge is 0.381 e. The van der Waals surface area contributed by atoms with E-state index in [1.165, 1.54) is 24.4 Å². The van der Waals surface area contributed by atoms with Crippen LogP contribution in [0.3, 0.4) is 0 Å². The fourth-order valence-corrected chi connectivity index (χ4v) is 3.68. The number of alkyl halides is 2. The topological polar surface area (TPSA) is 90.3 Å². The number of anilines is 1. The van der Waals surface area contributed by atoms with Crippen molar-refractivity contribution in [3.63, 3.8) is 0 Å². The Balaban J connectivity index is 1.80. The van der Waals surface area contributed by atoms with Crippen molar-refractivity contribution in [3.8, 4) is 0 Å². The Labute approximate surface area is 148 Å². The van der Waals surface area contributed by atoms with Crippen molar-refractivity contribution in [3.05, 3.63) is 42.2 Å². The van der Waals surface area contributed by atoms with Crippen molar-refractivity contribution in [2.24, 2.45) is 0 Å². The van der Waals surface area contributed by atoms with E-state index in [9.17, 15) is 22.0 Å². The molecule has 0 spiro atoms. The third-order valence-electron chi connectivity index (χ3n) is 4.10. The number of carbonyl (C=O) groups excluding carboxylic acids is 1. The summed E-state index contributed by atoms with van der Waals surface area (Å²) < 4.78 is 56.2. The third-order valence-corrected chi connectivity index (χ3v) is 5.54. The fraction of sp³-hybridized carbons (Fsp3) is 0.375. The summed E-state index contributed by atoms with van der Waals surface area (Å²) in [6.45, 7) is 1.26. The normalized spacial score (nSPS) is 16.0. The van der Waals surface area contributed by atoms with Crippen molar-refractivity contribution in [1.29, 1.82) is 0 Å². The number of nitrogens with one attached hydrogen (secondary N) is 1. The molecule has 0 bridgehead atoms. The van der Waals surface area contributed by atoms with E-state index in [1.54, 1.807) is 10.9 Å². The molecule has 10 heteroatoms. The second kappa shape index (κ2) is 7.50. The number of benzene rings is 1. The SMILES string of the molecule is O=C(Nc1cnn(C2CCOCC2)c1)c1ccccc1S(=O)(=O)C(F)F. The van der Waals surface area contributed by atoms with Crippen LogP contribution in [-0.4, -0.2) is 43.1 Å². The molecule has 1 aliphatic rings. The van der Waals surface area contributed by atoms with Gasteiger partial charge in [-0.15, -0.1) is 0 Å². The van der Waals surface area contributed by atoms with Gasteiger partial charge in [-0.1, -0.05) is 12.1 Å². The van der Waals surface area contributed by atoms with E-state index in [0.29, 0.717) is 18.9 Å². The van der Waals surface area contributed by atoms with Crippen molar-refractivity contribution in [1.82, 2.24) is 9.78 Å². The molecule has 0 aliphatic carbocycles. The van der Waals surface area contributed by atoms with Gasteiger partial charge in [-0.2, -0.15) is 13.9 Å². The Morgan fingerprint density at radius 1 is 1.27 bits per heavy atom. The standard InChI is InChI=1S/C16H17F2N3O4S/c17-16(18)26(23,24)14-4-2-1-3-13(14)15(22)20-11-9-19-21(10-11)12-5-7-25-8-6-12/h1-4,9-10,12,16H,5-8H2,(H,20,22). The molecule has 0 unspecified atom stereocenters. The molecule has 0 saturated carbocycles. The second-order valence-electron chi connectivity index (χ2n) is 5.81. The van der Waals surface area contributed by atoms with E-state index in [2.05, 4.69) is 10.4 Å². The van der Waals surface area contributed by atoms with Crippen LogP contribution < -0.4 is 5.32 Å². The number of amides is 1. The Hall–Kier alpha value is -2.33. The van der Waals surface area contributed by atoms with E-state index >= 15 is 0 Å². The van der Waals surface area contributed by atoms with Crippen LogP contribution in [0.25, 0.3) is 0 Å². The molecule has 3 rings (SSSR count). The Morgan fingerprint density at radius 3 is 2.65 bits per heavy atom. The lowest BCUT2D eigenvalue weighted by atomic mass is 10.1. The van der Waals surface area contributed by atoms with Crippen molar-refractivity contribution in [2.75, 3.05) is 18.5 Å². The summed E-state index contributed by atoms with van der Waals surface area (Å²) in [6.07, 6.45) is 4.64. The number of nitrogens with zero attached hydrogens (tertiary/aromatic N) is 2. The number of aromatic nitrogens is 2. The maximum absolute atomic E-state index is 12.8. The summed E-state index contributed by atoms with van der Waals surface area (Å²) in [5.74, 6) is -4.40. The average molecular weight is 385 g/mol. The van der Waals surface area contributed by atoms with E-state index in [-0.39, 0.29) is 11.6 Å². The predicted molar refractivity (Wildman–Crippen MR) is 88.9 cm³/mol. The molecule has 1 saturated heterocycles. The Kier molecular flexibility index (Phi) is 5.33. The number of halogens is 2. The monoisotopic (exact) mass is 385 g/mol. The second-order valence-corrected chi connectivity index (χ2v) is 7.69. The van der Waals surface area contributed by atoms with Crippen LogP contribution in [0.1, 0.15) is 29.2 Å². The molecule has 1 fully saturated rings. The van der Waals surface area contributed by atoms with Gasteiger partial charge in [0.2, 0.25) is 9.84 Å². The molecule has 0 atom stereocenters. The molecular formula is C16H17F2N3O4S. The molecule has 7 nitrogen and oxygen atoms in total. The minimum absolute atomic E-state index is 0.154. The quantitative estimate of drug-likeness (QED) is 0.854. The van der Waals surface area contributed by atoms with E-state index in [0.717, 1.165) is 18.9 Å². The zero-order valence-corrected chi connectivity index (χ0v) is 14.5. The molecule has 1 amide bonds. The number of ether oxygens (including phenoxy) is 1. The van der Waals surface area contributed by atoms with Crippen molar-refractivity contribution in [2.45, 2.75) is 29.5 Å². The van der Waals surface area contributed by atoms with Crippen LogP contribution >= 0.6 is 0 Å². The van der Waals surface area contributed by atoms with Crippen LogP contribution in [0.2, 0.25) is 0 Å². The lowest BCUT2D eigenvalue weighted by Gasteiger charge is -2.22. The fourth-order valence-electron chi connectivity index (χ4n) is 2.75. The Bertz CT molecular complexity index is 892. The summed E-state index contributed by atoms with van der Waals surface area (Å²) in [5, 5.41) is 6.70. The molecule has 1 aliphatic heterocycles. The summed E-state index contributed by atoms with van der Waals surface area (Å²) >= 11 is 0. The van der Waals surface area contributed by atoms with Crippen molar-refractivity contribution >= 4 is 21.4 Å². The van der Waals surface area contributed by atoms with Gasteiger partial charge < -0.3 is 10.1 Å². The molecule has 140 valence electrons. The molecule has 2 aromatic rings. The highest BCUT2D eigenvalue weighted by Crippen LogP contribution is 2.24. The van der Waals surface area contributed by atoms with Crippen LogP contribution in [-0.2, 0) is 14.6 Å². The first-order valence-corrected chi connectivity index (χ1v) is 9.48. The molecule has 2 heterocycles. The molecule has 1 aromatic heterocycles. The number of hydrogen-bond acceptors (Lipinski definition) is 5. The molecular weight excluding hydrogens is 368 g/mol. The molecule has 0 radical (unpaired) electrons. The summed E-state index contributed by atoms with van der Waals surface area (Å²) in [4.78, 5) is 11.7. The zero-order valence-electron chi connectivity index (χ0n) is 13.6. The molecule has 26 heavy (non-hydrogen) atoms. The van der Waals surface area contributed by atoms with Crippen LogP contribution in [0.15, 0.2) is 41.6 Å². The van der Waals surface area contributed by atoms with Gasteiger partial charge in [-0.05, 0) is 25.0 Å². The third kappa shape index (κ3) is 3.75. The van der Waals surface area contributed by atoms with E-state index in [4.69, 9.17) is 4.74 Å². The van der Waals surface area contributed by atoms with Gasteiger partial charge in [0.15, 0.2) is 0 Å². The number of carbonyl (C=O) groups is 1. The van der Waals surface area contributed by atoms with Gasteiger partial charge in [0, 0.05) is 19.4 Å². The van der Waals surface area contributed by atoms with Crippen LogP contribution in [0.4, 0.5) is 14.5 Å². The number of sulfone groups is 1. The zero-order chi connectivity index (χ0) is 18.7. The molecule has 1 N–H and O–H groups in total. The lowest BCUT2D eigenvalue weighted by molar-refractivity contribution is 0.0662. The van der Waals surface area contributed by atoms with Crippen LogP contribution in [0.5, 0.6) is 0 Å². The first-order valence-electron chi connectivity index (χ1n) is 7.94. The Morgan fingerprint density at radius 2 is 1.96 bits per heavy atom. The number of rotatable bonds is 5. The molecule has 1 aromatic carbocycles. The average Bonchev–Trinajstić information content (AvgIpc) is 3.10. The minimum Gasteiger partial charge on any atom is -0.381 e. The van der Waals surface area contributed by atoms with E-state index < -0.39 is 26.4 Å². The van der Waals surface area contributed by atoms with Crippen molar-refractivity contribution < 1.29 is 26.7 Å². The summed E-state index contributed by atoms with van der Waals surface area (Å²) in [5.41, 5.74) is 0.0114. The van der Waals surface area contributed by atoms with Crippen LogP contribution in [0, 0.1) is 0 Å². The highest BCUT2D eigenvalue weighted by atomic mass is 32.2. The lowest BCUT2D eigenvalue weighted by Crippen LogP contribution is -2.20. The van der Waals surface area contributed by atoms with E-state index in [1.807, 2.05) is 0 Å². The first kappa shape index (κ1) is 18.5. The number of hydrogen-bond donors (Lipinski definition) is 1. The predicted octanol–water partition coefficient (Wildman–Crippen LogP) is 2.48. The summed E-state index contributed by atoms with van der Waals surface area (Å²) in [7, 11) is -4.89. The van der Waals surface area contributed by atoms with Gasteiger partial charge in [-0.25, -0.2) is 8.42 Å². The van der Waals surface area contributed by atoms with Gasteiger partial charge in [0.25, 0.3) is 5.91 Å². The summed E-state index contributed by atoms with van der Waals surface area (Å²) in [6, 6.07) is 5.02. The van der Waals surface area contributed by atoms with Gasteiger partial charge in [0.05, 0.1) is 28.4 Å². The highest BCUT2D eigenvalue weighted by Gasteiger charge is 2.31.